The van der Waals surface area contributed by atoms with Crippen molar-refractivity contribution in [1.82, 2.24) is 14.9 Å². The summed E-state index contributed by atoms with van der Waals surface area (Å²) in [5.74, 6) is 0.489. The van der Waals surface area contributed by atoms with Gasteiger partial charge in [0.1, 0.15) is 5.82 Å². The van der Waals surface area contributed by atoms with Gasteiger partial charge in [-0.2, -0.15) is 0 Å². The van der Waals surface area contributed by atoms with Gasteiger partial charge in [0.05, 0.1) is 11.3 Å². The van der Waals surface area contributed by atoms with Crippen LogP contribution in [0.3, 0.4) is 0 Å². The topological polar surface area (TPSA) is 89.5 Å². The molecule has 0 atom stereocenters. The number of benzene rings is 1. The van der Waals surface area contributed by atoms with Gasteiger partial charge in [0.2, 0.25) is 0 Å². The molecular formula is C18H23N3O3. The highest BCUT2D eigenvalue weighted by Crippen LogP contribution is 2.30. The van der Waals surface area contributed by atoms with Gasteiger partial charge in [-0.3, -0.25) is 9.69 Å². The van der Waals surface area contributed by atoms with Crippen LogP contribution in [-0.4, -0.2) is 31.6 Å². The molecule has 0 fully saturated rings. The lowest BCUT2D eigenvalue weighted by Crippen LogP contribution is -2.37. The van der Waals surface area contributed by atoms with Gasteiger partial charge >= 0.3 is 0 Å². The molecule has 0 spiro atoms. The molecule has 0 saturated heterocycles. The number of nitrogens with one attached hydrogen (secondary N) is 1. The van der Waals surface area contributed by atoms with Crippen molar-refractivity contribution in [2.45, 2.75) is 45.7 Å². The zero-order valence-corrected chi connectivity index (χ0v) is 14.3. The molecule has 3 rings (SSSR count). The van der Waals surface area contributed by atoms with Crippen molar-refractivity contribution in [3.63, 3.8) is 0 Å². The number of rotatable bonds is 2. The maximum absolute atomic E-state index is 12.4. The van der Waals surface area contributed by atoms with Crippen LogP contribution in [-0.2, 0) is 24.9 Å². The van der Waals surface area contributed by atoms with Crippen LogP contribution in [0.5, 0.6) is 11.5 Å². The largest absolute Gasteiger partial charge is 0.504 e. The van der Waals surface area contributed by atoms with Crippen molar-refractivity contribution >= 4 is 0 Å². The third-order valence-corrected chi connectivity index (χ3v) is 4.35. The van der Waals surface area contributed by atoms with E-state index in [1.54, 1.807) is 12.1 Å². The molecule has 2 heterocycles. The minimum atomic E-state index is -0.196. The molecule has 3 N–H and O–H groups in total. The van der Waals surface area contributed by atoms with Crippen molar-refractivity contribution in [3.05, 3.63) is 51.2 Å². The average molecular weight is 329 g/mol. The Kier molecular flexibility index (Phi) is 4.09. The van der Waals surface area contributed by atoms with E-state index < -0.39 is 0 Å². The van der Waals surface area contributed by atoms with Gasteiger partial charge in [0, 0.05) is 37.0 Å². The summed E-state index contributed by atoms with van der Waals surface area (Å²) >= 11 is 0. The molecule has 0 bridgehead atoms. The minimum Gasteiger partial charge on any atom is -0.504 e. The summed E-state index contributed by atoms with van der Waals surface area (Å²) in [6.45, 7) is 7.78. The van der Waals surface area contributed by atoms with Crippen LogP contribution in [0, 0.1) is 0 Å². The van der Waals surface area contributed by atoms with Crippen molar-refractivity contribution in [2.24, 2.45) is 0 Å². The molecule has 0 saturated carbocycles. The first-order valence-electron chi connectivity index (χ1n) is 8.10. The number of aromatic nitrogens is 2. The molecule has 0 amide bonds. The quantitative estimate of drug-likeness (QED) is 0.734. The summed E-state index contributed by atoms with van der Waals surface area (Å²) in [7, 11) is 0. The highest BCUT2D eigenvalue weighted by molar-refractivity contribution is 5.44. The lowest BCUT2D eigenvalue weighted by atomic mass is 9.95. The Balaban J connectivity index is 1.85. The molecular weight excluding hydrogens is 306 g/mol. The molecule has 2 aromatic rings. The number of phenolic OH excluding ortho intramolecular Hbond substituents is 2. The van der Waals surface area contributed by atoms with E-state index in [9.17, 15) is 15.0 Å². The van der Waals surface area contributed by atoms with Crippen molar-refractivity contribution in [3.8, 4) is 11.5 Å². The van der Waals surface area contributed by atoms with Gasteiger partial charge in [0.15, 0.2) is 11.5 Å². The number of para-hydroxylation sites is 1. The number of hydrogen-bond donors (Lipinski definition) is 3. The molecule has 1 aliphatic heterocycles. The third kappa shape index (κ3) is 3.14. The molecule has 1 aromatic heterocycles. The highest BCUT2D eigenvalue weighted by Gasteiger charge is 2.25. The lowest BCUT2D eigenvalue weighted by Gasteiger charge is -2.29. The van der Waals surface area contributed by atoms with E-state index in [0.717, 1.165) is 12.2 Å². The fourth-order valence-corrected chi connectivity index (χ4v) is 2.92. The molecule has 128 valence electrons. The predicted molar refractivity (Wildman–Crippen MR) is 91.1 cm³/mol. The Bertz CT molecular complexity index is 821. The number of aromatic hydroxyl groups is 2. The second kappa shape index (κ2) is 5.94. The Morgan fingerprint density at radius 1 is 1.29 bits per heavy atom. The summed E-state index contributed by atoms with van der Waals surface area (Å²) < 4.78 is 0. The van der Waals surface area contributed by atoms with Gasteiger partial charge < -0.3 is 15.2 Å². The highest BCUT2D eigenvalue weighted by atomic mass is 16.3. The molecule has 6 heteroatoms. The van der Waals surface area contributed by atoms with Gasteiger partial charge in [-0.25, -0.2) is 4.98 Å². The summed E-state index contributed by atoms with van der Waals surface area (Å²) in [5, 5.41) is 19.6. The summed E-state index contributed by atoms with van der Waals surface area (Å²) in [6.07, 6.45) is 0.696. The molecule has 0 unspecified atom stereocenters. The standard InChI is InChI=1S/C18H23N3O3/c1-18(2,3)17-19-13-7-8-21(10-12(13)16(24)20-17)9-11-5-4-6-14(22)15(11)23/h4-6,22-23H,7-10H2,1-3H3,(H,19,20,24). The smallest absolute Gasteiger partial charge is 0.255 e. The number of fused-ring (bicyclic) bond motifs is 1. The van der Waals surface area contributed by atoms with Crippen LogP contribution in [0.2, 0.25) is 0 Å². The normalized spacial score (nSPS) is 15.3. The fourth-order valence-electron chi connectivity index (χ4n) is 2.92. The fraction of sp³-hybridized carbons (Fsp3) is 0.444. The van der Waals surface area contributed by atoms with E-state index in [1.807, 2.05) is 20.8 Å². The number of phenols is 2. The summed E-state index contributed by atoms with van der Waals surface area (Å²) in [5.41, 5.74) is 1.91. The Morgan fingerprint density at radius 3 is 2.75 bits per heavy atom. The second-order valence-electron chi connectivity index (χ2n) is 7.34. The second-order valence-corrected chi connectivity index (χ2v) is 7.34. The first kappa shape index (κ1) is 16.5. The van der Waals surface area contributed by atoms with Crippen molar-refractivity contribution < 1.29 is 10.2 Å². The van der Waals surface area contributed by atoms with Gasteiger partial charge in [-0.1, -0.05) is 32.9 Å². The summed E-state index contributed by atoms with van der Waals surface area (Å²) in [4.78, 5) is 22.1. The minimum absolute atomic E-state index is 0.0882. The van der Waals surface area contributed by atoms with Gasteiger partial charge in [-0.05, 0) is 6.07 Å². The zero-order valence-electron chi connectivity index (χ0n) is 14.3. The monoisotopic (exact) mass is 329 g/mol. The van der Waals surface area contributed by atoms with Crippen molar-refractivity contribution in [1.29, 1.82) is 0 Å². The van der Waals surface area contributed by atoms with Crippen molar-refractivity contribution in [2.75, 3.05) is 6.54 Å². The predicted octanol–water partition coefficient (Wildman–Crippen LogP) is 2.04. The van der Waals surface area contributed by atoms with Crippen LogP contribution in [0.15, 0.2) is 23.0 Å². The molecule has 0 aliphatic carbocycles. The molecule has 0 radical (unpaired) electrons. The van der Waals surface area contributed by atoms with Gasteiger partial charge in [0.25, 0.3) is 5.56 Å². The van der Waals surface area contributed by atoms with E-state index in [2.05, 4.69) is 14.9 Å². The Hall–Kier alpha value is -2.34. The maximum atomic E-state index is 12.4. The Morgan fingerprint density at radius 2 is 2.04 bits per heavy atom. The lowest BCUT2D eigenvalue weighted by molar-refractivity contribution is 0.237. The van der Waals surface area contributed by atoms with Crippen LogP contribution < -0.4 is 5.56 Å². The van der Waals surface area contributed by atoms with Crippen LogP contribution in [0.25, 0.3) is 0 Å². The average Bonchev–Trinajstić information content (AvgIpc) is 2.51. The first-order valence-corrected chi connectivity index (χ1v) is 8.10. The summed E-state index contributed by atoms with van der Waals surface area (Å²) in [6, 6.07) is 4.93. The van der Waals surface area contributed by atoms with Gasteiger partial charge in [-0.15, -0.1) is 0 Å². The van der Waals surface area contributed by atoms with Crippen LogP contribution in [0.4, 0.5) is 0 Å². The van der Waals surface area contributed by atoms with Crippen LogP contribution in [0.1, 0.15) is 43.4 Å². The van der Waals surface area contributed by atoms with E-state index in [4.69, 9.17) is 0 Å². The van der Waals surface area contributed by atoms with E-state index in [1.165, 1.54) is 6.07 Å². The molecule has 1 aromatic carbocycles. The Labute approximate surface area is 140 Å². The molecule has 6 nitrogen and oxygen atoms in total. The van der Waals surface area contributed by atoms with Crippen LogP contribution >= 0.6 is 0 Å². The maximum Gasteiger partial charge on any atom is 0.255 e. The molecule has 24 heavy (non-hydrogen) atoms. The van der Waals surface area contributed by atoms with E-state index in [-0.39, 0.29) is 22.5 Å². The SMILES string of the molecule is CC(C)(C)c1nc2c(c(=O)[nH]1)CN(Cc1cccc(O)c1O)CC2. The zero-order chi connectivity index (χ0) is 17.5. The number of nitrogens with zero attached hydrogens (tertiary/aromatic N) is 2. The van der Waals surface area contributed by atoms with E-state index in [0.29, 0.717) is 36.5 Å². The number of hydrogen-bond acceptors (Lipinski definition) is 5. The number of aromatic amines is 1. The number of H-pyrrole nitrogens is 1. The van der Waals surface area contributed by atoms with E-state index >= 15 is 0 Å². The molecule has 1 aliphatic rings. The first-order chi connectivity index (χ1) is 11.3. The third-order valence-electron chi connectivity index (χ3n) is 4.35.